The van der Waals surface area contributed by atoms with Crippen LogP contribution in [0.2, 0.25) is 0 Å². The van der Waals surface area contributed by atoms with Crippen LogP contribution in [0.4, 0.5) is 14.5 Å². The van der Waals surface area contributed by atoms with Crippen LogP contribution in [0.3, 0.4) is 0 Å². The first-order chi connectivity index (χ1) is 9.13. The number of benzene rings is 1. The van der Waals surface area contributed by atoms with Crippen LogP contribution in [-0.4, -0.2) is 14.6 Å². The van der Waals surface area contributed by atoms with E-state index in [0.717, 1.165) is 12.1 Å². The molecular weight excluding hydrogens is 250 g/mol. The minimum Gasteiger partial charge on any atom is -0.398 e. The standard InChI is InChI=1S/C13H10F2N4/c14-10-3-1-8(5-11(10)15)6-13-18-17-12-4-2-9(16)7-19(12)13/h1-5,7H,6,16H2. The van der Waals surface area contributed by atoms with Gasteiger partial charge in [0.1, 0.15) is 5.82 Å². The van der Waals surface area contributed by atoms with Crippen LogP contribution in [0.25, 0.3) is 5.65 Å². The molecule has 6 heteroatoms. The third-order valence-electron chi connectivity index (χ3n) is 2.84. The van der Waals surface area contributed by atoms with E-state index >= 15 is 0 Å². The highest BCUT2D eigenvalue weighted by atomic mass is 19.2. The van der Waals surface area contributed by atoms with E-state index in [9.17, 15) is 8.78 Å². The van der Waals surface area contributed by atoms with E-state index in [2.05, 4.69) is 10.2 Å². The monoisotopic (exact) mass is 260 g/mol. The van der Waals surface area contributed by atoms with Crippen LogP contribution >= 0.6 is 0 Å². The first-order valence-corrected chi connectivity index (χ1v) is 5.66. The van der Waals surface area contributed by atoms with E-state index in [1.807, 2.05) is 0 Å². The average molecular weight is 260 g/mol. The summed E-state index contributed by atoms with van der Waals surface area (Å²) < 4.78 is 27.7. The molecule has 0 amide bonds. The molecule has 2 heterocycles. The minimum absolute atomic E-state index is 0.349. The van der Waals surface area contributed by atoms with Crippen molar-refractivity contribution in [3.05, 3.63) is 59.6 Å². The molecule has 0 aliphatic carbocycles. The lowest BCUT2D eigenvalue weighted by atomic mass is 10.1. The molecule has 19 heavy (non-hydrogen) atoms. The van der Waals surface area contributed by atoms with Gasteiger partial charge in [0.2, 0.25) is 0 Å². The quantitative estimate of drug-likeness (QED) is 0.768. The maximum atomic E-state index is 13.1. The van der Waals surface area contributed by atoms with Crippen molar-refractivity contribution in [2.75, 3.05) is 5.73 Å². The molecular formula is C13H10F2N4. The molecule has 2 aromatic heterocycles. The number of nitrogens with two attached hydrogens (primary N) is 1. The van der Waals surface area contributed by atoms with Gasteiger partial charge in [0.25, 0.3) is 0 Å². The van der Waals surface area contributed by atoms with Gasteiger partial charge in [-0.2, -0.15) is 0 Å². The van der Waals surface area contributed by atoms with E-state index in [1.54, 1.807) is 22.7 Å². The van der Waals surface area contributed by atoms with Gasteiger partial charge in [-0.3, -0.25) is 4.40 Å². The van der Waals surface area contributed by atoms with Crippen LogP contribution in [0.5, 0.6) is 0 Å². The van der Waals surface area contributed by atoms with Crippen molar-refractivity contribution in [1.29, 1.82) is 0 Å². The number of fused-ring (bicyclic) bond motifs is 1. The molecule has 0 atom stereocenters. The number of anilines is 1. The summed E-state index contributed by atoms with van der Waals surface area (Å²) >= 11 is 0. The molecule has 0 unspecified atom stereocenters. The number of hydrogen-bond donors (Lipinski definition) is 1. The Morgan fingerprint density at radius 2 is 1.89 bits per heavy atom. The number of pyridine rings is 1. The molecule has 0 saturated heterocycles. The van der Waals surface area contributed by atoms with Crippen LogP contribution in [-0.2, 0) is 6.42 Å². The van der Waals surface area contributed by atoms with Crippen LogP contribution in [0.1, 0.15) is 11.4 Å². The molecule has 3 aromatic rings. The lowest BCUT2D eigenvalue weighted by Crippen LogP contribution is -1.99. The highest BCUT2D eigenvalue weighted by molar-refractivity contribution is 5.47. The number of nitrogens with zero attached hydrogens (tertiary/aromatic N) is 3. The lowest BCUT2D eigenvalue weighted by molar-refractivity contribution is 0.507. The molecule has 96 valence electrons. The van der Waals surface area contributed by atoms with Crippen molar-refractivity contribution in [3.63, 3.8) is 0 Å². The summed E-state index contributed by atoms with van der Waals surface area (Å²) in [7, 11) is 0. The van der Waals surface area contributed by atoms with Crippen molar-refractivity contribution < 1.29 is 8.78 Å². The maximum absolute atomic E-state index is 13.1. The molecule has 2 N–H and O–H groups in total. The molecule has 3 rings (SSSR count). The SMILES string of the molecule is Nc1ccc2nnc(Cc3ccc(F)c(F)c3)n2c1. The second-order valence-corrected chi connectivity index (χ2v) is 4.23. The number of rotatable bonds is 2. The van der Waals surface area contributed by atoms with Gasteiger partial charge in [-0.05, 0) is 29.8 Å². The zero-order valence-electron chi connectivity index (χ0n) is 9.85. The predicted molar refractivity (Wildman–Crippen MR) is 66.6 cm³/mol. The van der Waals surface area contributed by atoms with Crippen molar-refractivity contribution in [2.24, 2.45) is 0 Å². The van der Waals surface area contributed by atoms with E-state index < -0.39 is 11.6 Å². The van der Waals surface area contributed by atoms with Gasteiger partial charge in [0, 0.05) is 18.3 Å². The molecule has 0 aliphatic heterocycles. The fourth-order valence-corrected chi connectivity index (χ4v) is 1.91. The molecule has 0 fully saturated rings. The predicted octanol–water partition coefficient (Wildman–Crippen LogP) is 2.18. The van der Waals surface area contributed by atoms with Crippen molar-refractivity contribution >= 4 is 11.3 Å². The Labute approximate surface area is 107 Å². The number of aromatic nitrogens is 3. The average Bonchev–Trinajstić information content (AvgIpc) is 2.77. The van der Waals surface area contributed by atoms with Gasteiger partial charge in [0.15, 0.2) is 17.3 Å². The number of nitrogen functional groups attached to an aromatic ring is 1. The summed E-state index contributed by atoms with van der Waals surface area (Å²) in [6.45, 7) is 0. The Balaban J connectivity index is 2.00. The normalized spacial score (nSPS) is 11.1. The molecule has 0 radical (unpaired) electrons. The van der Waals surface area contributed by atoms with Crippen LogP contribution in [0, 0.1) is 11.6 Å². The zero-order chi connectivity index (χ0) is 13.4. The third kappa shape index (κ3) is 2.12. The smallest absolute Gasteiger partial charge is 0.160 e. The molecule has 4 nitrogen and oxygen atoms in total. The number of halogens is 2. The lowest BCUT2D eigenvalue weighted by Gasteiger charge is -2.02. The fourth-order valence-electron chi connectivity index (χ4n) is 1.91. The van der Waals surface area contributed by atoms with Gasteiger partial charge in [-0.1, -0.05) is 6.07 Å². The maximum Gasteiger partial charge on any atom is 0.160 e. The van der Waals surface area contributed by atoms with Crippen LogP contribution in [0.15, 0.2) is 36.5 Å². The largest absolute Gasteiger partial charge is 0.398 e. The van der Waals surface area contributed by atoms with Gasteiger partial charge >= 0.3 is 0 Å². The molecule has 1 aromatic carbocycles. The van der Waals surface area contributed by atoms with Crippen molar-refractivity contribution in [3.8, 4) is 0 Å². The van der Waals surface area contributed by atoms with Gasteiger partial charge < -0.3 is 5.73 Å². The Kier molecular flexibility index (Phi) is 2.63. The Bertz CT molecular complexity index is 751. The summed E-state index contributed by atoms with van der Waals surface area (Å²) in [5.74, 6) is -1.11. The molecule has 0 spiro atoms. The summed E-state index contributed by atoms with van der Waals surface area (Å²) in [5, 5.41) is 8.01. The molecule has 0 aliphatic rings. The Hall–Kier alpha value is -2.50. The minimum atomic E-state index is -0.870. The van der Waals surface area contributed by atoms with Gasteiger partial charge in [-0.25, -0.2) is 8.78 Å². The first-order valence-electron chi connectivity index (χ1n) is 5.66. The summed E-state index contributed by atoms with van der Waals surface area (Å²) in [5.41, 5.74) is 7.57. The highest BCUT2D eigenvalue weighted by Gasteiger charge is 2.08. The first kappa shape index (κ1) is 11.6. The zero-order valence-corrected chi connectivity index (χ0v) is 9.85. The summed E-state index contributed by atoms with van der Waals surface area (Å²) in [6.07, 6.45) is 2.05. The van der Waals surface area contributed by atoms with Gasteiger partial charge in [0.05, 0.1) is 0 Å². The van der Waals surface area contributed by atoms with Crippen molar-refractivity contribution in [2.45, 2.75) is 6.42 Å². The van der Waals surface area contributed by atoms with Crippen molar-refractivity contribution in [1.82, 2.24) is 14.6 Å². The second-order valence-electron chi connectivity index (χ2n) is 4.23. The van der Waals surface area contributed by atoms with Gasteiger partial charge in [-0.15, -0.1) is 10.2 Å². The highest BCUT2D eigenvalue weighted by Crippen LogP contribution is 2.14. The molecule has 0 bridgehead atoms. The topological polar surface area (TPSA) is 56.2 Å². The Morgan fingerprint density at radius 3 is 2.68 bits per heavy atom. The summed E-state index contributed by atoms with van der Waals surface area (Å²) in [6, 6.07) is 7.25. The Morgan fingerprint density at radius 1 is 1.05 bits per heavy atom. The second kappa shape index (κ2) is 4.31. The van der Waals surface area contributed by atoms with Crippen LogP contribution < -0.4 is 5.73 Å². The van der Waals surface area contributed by atoms with E-state index in [4.69, 9.17) is 5.73 Å². The van der Waals surface area contributed by atoms with E-state index in [0.29, 0.717) is 29.1 Å². The summed E-state index contributed by atoms with van der Waals surface area (Å²) in [4.78, 5) is 0. The van der Waals surface area contributed by atoms with E-state index in [1.165, 1.54) is 6.07 Å². The number of hydrogen-bond acceptors (Lipinski definition) is 3. The van der Waals surface area contributed by atoms with E-state index in [-0.39, 0.29) is 0 Å². The molecule has 0 saturated carbocycles. The fraction of sp³-hybridized carbons (Fsp3) is 0.0769. The third-order valence-corrected chi connectivity index (χ3v) is 2.84.